The maximum Gasteiger partial charge on any atom is 0.272 e. The number of hydrogen-bond acceptors (Lipinski definition) is 7. The minimum absolute atomic E-state index is 0.0904. The van der Waals surface area contributed by atoms with Crippen LogP contribution >= 0.6 is 11.3 Å². The number of amides is 2. The van der Waals surface area contributed by atoms with Crippen molar-refractivity contribution in [2.45, 2.75) is 57.5 Å². The molecule has 3 fully saturated rings. The number of hydrogen-bond donors (Lipinski definition) is 2. The molecule has 2 aliphatic carbocycles. The quantitative estimate of drug-likeness (QED) is 0.539. The number of fused-ring (bicyclic) bond motifs is 1. The van der Waals surface area contributed by atoms with Crippen LogP contribution in [0.3, 0.4) is 0 Å². The Morgan fingerprint density at radius 2 is 1.91 bits per heavy atom. The van der Waals surface area contributed by atoms with Crippen molar-refractivity contribution in [3.63, 3.8) is 0 Å². The fourth-order valence-corrected chi connectivity index (χ4v) is 5.42. The van der Waals surface area contributed by atoms with Crippen LogP contribution in [0.15, 0.2) is 23.8 Å². The lowest BCUT2D eigenvalue weighted by Crippen LogP contribution is -2.47. The van der Waals surface area contributed by atoms with E-state index in [1.54, 1.807) is 28.1 Å². The monoisotopic (exact) mass is 479 g/mol. The summed E-state index contributed by atoms with van der Waals surface area (Å²) >= 11 is 1.57. The van der Waals surface area contributed by atoms with Gasteiger partial charge in [0.25, 0.3) is 5.91 Å². The van der Waals surface area contributed by atoms with E-state index in [-0.39, 0.29) is 23.8 Å². The normalized spacial score (nSPS) is 19.9. The molecule has 0 unspecified atom stereocenters. The highest BCUT2D eigenvalue weighted by Gasteiger charge is 2.33. The highest BCUT2D eigenvalue weighted by Crippen LogP contribution is 2.34. The molecule has 178 valence electrons. The molecule has 2 saturated carbocycles. The fourth-order valence-electron chi connectivity index (χ4n) is 4.63. The number of aromatic nitrogens is 4. The number of nitrogens with zero attached hydrogens (tertiary/aromatic N) is 5. The van der Waals surface area contributed by atoms with Gasteiger partial charge in [-0.05, 0) is 51.4 Å². The first-order valence-corrected chi connectivity index (χ1v) is 13.1. The molecule has 1 atom stereocenters. The average Bonchev–Trinajstić information content (AvgIpc) is 3.76. The predicted molar refractivity (Wildman–Crippen MR) is 130 cm³/mol. The Morgan fingerprint density at radius 3 is 2.65 bits per heavy atom. The van der Waals surface area contributed by atoms with Gasteiger partial charge in [0.05, 0.1) is 11.8 Å². The van der Waals surface area contributed by atoms with Gasteiger partial charge in [-0.25, -0.2) is 14.5 Å². The predicted octanol–water partition coefficient (Wildman–Crippen LogP) is 3.19. The molecule has 9 nitrogen and oxygen atoms in total. The van der Waals surface area contributed by atoms with Crippen molar-refractivity contribution in [1.29, 1.82) is 0 Å². The van der Waals surface area contributed by atoms with Gasteiger partial charge in [-0.1, -0.05) is 0 Å². The maximum absolute atomic E-state index is 13.5. The second-order valence-corrected chi connectivity index (χ2v) is 10.7. The minimum Gasteiger partial charge on any atom is -0.367 e. The van der Waals surface area contributed by atoms with Gasteiger partial charge in [0.2, 0.25) is 5.91 Å². The topological polar surface area (TPSA) is 105 Å². The molecule has 3 aliphatic rings. The lowest BCUT2D eigenvalue weighted by Gasteiger charge is -2.32. The molecule has 3 aromatic rings. The summed E-state index contributed by atoms with van der Waals surface area (Å²) in [5.74, 6) is 2.14. The van der Waals surface area contributed by atoms with Gasteiger partial charge in [-0.3, -0.25) is 9.59 Å². The van der Waals surface area contributed by atoms with Crippen LogP contribution in [-0.2, 0) is 4.79 Å². The molecular formula is C24H29N7O2S. The van der Waals surface area contributed by atoms with Gasteiger partial charge in [0, 0.05) is 48.7 Å². The third-order valence-electron chi connectivity index (χ3n) is 7.10. The van der Waals surface area contributed by atoms with E-state index in [0.29, 0.717) is 42.4 Å². The molecular weight excluding hydrogens is 450 g/mol. The second-order valence-electron chi connectivity index (χ2n) is 9.79. The van der Waals surface area contributed by atoms with E-state index in [1.807, 2.05) is 16.5 Å². The third-order valence-corrected chi connectivity index (χ3v) is 7.99. The summed E-state index contributed by atoms with van der Waals surface area (Å²) in [6.07, 6.45) is 9.66. The molecule has 10 heteroatoms. The zero-order chi connectivity index (χ0) is 23.2. The molecule has 2 N–H and O–H groups in total. The summed E-state index contributed by atoms with van der Waals surface area (Å²) in [6, 6.07) is 2.22. The molecule has 6 rings (SSSR count). The molecule has 0 aromatic carbocycles. The van der Waals surface area contributed by atoms with E-state index in [4.69, 9.17) is 4.98 Å². The summed E-state index contributed by atoms with van der Waals surface area (Å²) in [7, 11) is 0. The maximum atomic E-state index is 13.5. The highest BCUT2D eigenvalue weighted by atomic mass is 32.1. The van der Waals surface area contributed by atoms with Crippen molar-refractivity contribution < 1.29 is 9.59 Å². The van der Waals surface area contributed by atoms with Crippen LogP contribution in [0.1, 0.15) is 55.9 Å². The lowest BCUT2D eigenvalue weighted by molar-refractivity contribution is -0.123. The summed E-state index contributed by atoms with van der Waals surface area (Å²) < 4.78 is 1.80. The number of likely N-dealkylation sites (tertiary alicyclic amines) is 1. The van der Waals surface area contributed by atoms with E-state index in [1.165, 1.54) is 12.8 Å². The number of carbonyl (C=O) groups is 2. The number of carbonyl (C=O) groups excluding carboxylic acids is 2. The van der Waals surface area contributed by atoms with Gasteiger partial charge >= 0.3 is 0 Å². The van der Waals surface area contributed by atoms with Gasteiger partial charge < -0.3 is 15.5 Å². The molecule has 3 aromatic heterocycles. The molecule has 2 amide bonds. The SMILES string of the molecule is C[C@@H](Nc1cc(C(=O)N2CCC(NC(=O)C3CC3)CC2)nc(-c2cnn3ccsc23)n1)C1CC1. The summed E-state index contributed by atoms with van der Waals surface area (Å²) in [5, 5.41) is 13.0. The first-order chi connectivity index (χ1) is 16.5. The Kier molecular flexibility index (Phi) is 5.47. The van der Waals surface area contributed by atoms with E-state index in [9.17, 15) is 9.59 Å². The highest BCUT2D eigenvalue weighted by molar-refractivity contribution is 7.16. The zero-order valence-electron chi connectivity index (χ0n) is 19.2. The molecule has 0 radical (unpaired) electrons. The Bertz CT molecular complexity index is 1220. The Balaban J connectivity index is 1.23. The van der Waals surface area contributed by atoms with Crippen LogP contribution in [0.4, 0.5) is 5.82 Å². The van der Waals surface area contributed by atoms with Gasteiger partial charge in [-0.15, -0.1) is 11.3 Å². The van der Waals surface area contributed by atoms with Crippen molar-refractivity contribution in [2.75, 3.05) is 18.4 Å². The number of rotatable bonds is 7. The summed E-state index contributed by atoms with van der Waals surface area (Å²) in [5.41, 5.74) is 1.22. The zero-order valence-corrected chi connectivity index (χ0v) is 20.1. The number of thiazole rings is 1. The summed E-state index contributed by atoms with van der Waals surface area (Å²) in [6.45, 7) is 3.38. The number of piperidine rings is 1. The molecule has 1 aliphatic heterocycles. The standard InChI is InChI=1S/C24H29N7O2S/c1-14(15-2-3-15)26-20-12-19(28-21(29-20)18-13-25-31-10-11-34-24(18)31)23(33)30-8-6-17(7-9-30)27-22(32)16-4-5-16/h10-17H,2-9H2,1H3,(H,27,32)(H,26,28,29)/t14-/m1/s1. The van der Waals surface area contributed by atoms with E-state index < -0.39 is 0 Å². The second kappa shape index (κ2) is 8.65. The van der Waals surface area contributed by atoms with Crippen LogP contribution in [-0.4, -0.2) is 61.5 Å². The van der Waals surface area contributed by atoms with Crippen molar-refractivity contribution in [3.05, 3.63) is 29.5 Å². The fraction of sp³-hybridized carbons (Fsp3) is 0.542. The van der Waals surface area contributed by atoms with Gasteiger partial charge in [0.15, 0.2) is 5.82 Å². The van der Waals surface area contributed by atoms with Crippen LogP contribution in [0.5, 0.6) is 0 Å². The number of anilines is 1. The Labute approximate surface area is 202 Å². The largest absolute Gasteiger partial charge is 0.367 e. The molecule has 1 saturated heterocycles. The smallest absolute Gasteiger partial charge is 0.272 e. The molecule has 0 spiro atoms. The van der Waals surface area contributed by atoms with Crippen LogP contribution in [0.25, 0.3) is 16.2 Å². The first kappa shape index (κ1) is 21.5. The summed E-state index contributed by atoms with van der Waals surface area (Å²) in [4.78, 5) is 37.8. The average molecular weight is 480 g/mol. The third kappa shape index (κ3) is 4.38. The van der Waals surface area contributed by atoms with Crippen molar-refractivity contribution in [2.24, 2.45) is 11.8 Å². The molecule has 4 heterocycles. The molecule has 34 heavy (non-hydrogen) atoms. The number of nitrogens with one attached hydrogen (secondary N) is 2. The van der Waals surface area contributed by atoms with Gasteiger partial charge in [-0.2, -0.15) is 5.10 Å². The van der Waals surface area contributed by atoms with Crippen molar-refractivity contribution in [1.82, 2.24) is 29.8 Å². The van der Waals surface area contributed by atoms with E-state index in [0.717, 1.165) is 36.1 Å². The molecule has 0 bridgehead atoms. The van der Waals surface area contributed by atoms with Crippen LogP contribution in [0, 0.1) is 11.8 Å². The van der Waals surface area contributed by atoms with Crippen LogP contribution < -0.4 is 10.6 Å². The Morgan fingerprint density at radius 1 is 1.12 bits per heavy atom. The van der Waals surface area contributed by atoms with Gasteiger partial charge in [0.1, 0.15) is 16.3 Å². The van der Waals surface area contributed by atoms with E-state index in [2.05, 4.69) is 27.6 Å². The Hall–Kier alpha value is -3.01. The van der Waals surface area contributed by atoms with E-state index >= 15 is 0 Å². The first-order valence-electron chi connectivity index (χ1n) is 12.2. The van der Waals surface area contributed by atoms with Crippen molar-refractivity contribution in [3.8, 4) is 11.4 Å². The van der Waals surface area contributed by atoms with Crippen molar-refractivity contribution >= 4 is 33.8 Å². The van der Waals surface area contributed by atoms with Crippen LogP contribution in [0.2, 0.25) is 0 Å². The lowest BCUT2D eigenvalue weighted by atomic mass is 10.0. The minimum atomic E-state index is -0.0904.